The van der Waals surface area contributed by atoms with Crippen LogP contribution in [0.1, 0.15) is 36.6 Å². The fourth-order valence-electron chi connectivity index (χ4n) is 3.85. The van der Waals surface area contributed by atoms with Gasteiger partial charge in [0.2, 0.25) is 0 Å². The number of nitrogens with zero attached hydrogens (tertiary/aromatic N) is 2. The maximum Gasteiger partial charge on any atom is 0.338 e. The minimum atomic E-state index is -0.626. The molecule has 1 aliphatic rings. The smallest absolute Gasteiger partial charge is 0.338 e. The molecule has 0 saturated heterocycles. The van der Waals surface area contributed by atoms with Gasteiger partial charge in [0, 0.05) is 0 Å². The Balaban J connectivity index is 1.87. The van der Waals surface area contributed by atoms with E-state index in [2.05, 4.69) is 26.8 Å². The Morgan fingerprint density at radius 1 is 1.26 bits per heavy atom. The van der Waals surface area contributed by atoms with Crippen molar-refractivity contribution in [3.8, 4) is 18.1 Å². The van der Waals surface area contributed by atoms with E-state index in [0.29, 0.717) is 26.4 Å². The van der Waals surface area contributed by atoms with Crippen LogP contribution in [0.3, 0.4) is 0 Å². The Morgan fingerprint density at radius 3 is 2.66 bits per heavy atom. The van der Waals surface area contributed by atoms with Crippen LogP contribution in [-0.4, -0.2) is 23.8 Å². The summed E-state index contributed by atoms with van der Waals surface area (Å²) in [6.07, 6.45) is 7.07. The Labute approximate surface area is 215 Å². The lowest BCUT2D eigenvalue weighted by atomic mass is 9.95. The Morgan fingerprint density at radius 2 is 2.00 bits per heavy atom. The molecule has 35 heavy (non-hydrogen) atoms. The first-order valence-electron chi connectivity index (χ1n) is 11.0. The second kappa shape index (κ2) is 10.5. The van der Waals surface area contributed by atoms with Crippen LogP contribution in [0.25, 0.3) is 6.08 Å². The summed E-state index contributed by atoms with van der Waals surface area (Å²) in [5.74, 6) is 2.58. The van der Waals surface area contributed by atoms with Crippen molar-refractivity contribution < 1.29 is 14.3 Å². The van der Waals surface area contributed by atoms with E-state index < -0.39 is 12.0 Å². The third kappa shape index (κ3) is 5.02. The number of terminal acetylenes is 1. The van der Waals surface area contributed by atoms with E-state index in [1.54, 1.807) is 30.6 Å². The molecule has 178 valence electrons. The lowest BCUT2D eigenvalue weighted by Gasteiger charge is -2.24. The predicted molar refractivity (Wildman–Crippen MR) is 140 cm³/mol. The second-order valence-electron chi connectivity index (χ2n) is 7.90. The number of halogens is 1. The maximum atomic E-state index is 13.6. The number of aromatic nitrogens is 1. The number of rotatable bonds is 6. The van der Waals surface area contributed by atoms with Crippen LogP contribution in [-0.2, 0) is 9.53 Å². The van der Waals surface area contributed by atoms with E-state index in [1.807, 2.05) is 43.3 Å². The highest BCUT2D eigenvalue weighted by Gasteiger charge is 2.33. The lowest BCUT2D eigenvalue weighted by molar-refractivity contribution is -0.139. The predicted octanol–water partition coefficient (Wildman–Crippen LogP) is 3.88. The number of ether oxygens (including phenoxy) is 2. The van der Waals surface area contributed by atoms with E-state index in [-0.39, 0.29) is 18.8 Å². The fraction of sp³-hybridized carbons (Fsp3) is 0.222. The van der Waals surface area contributed by atoms with Crippen LogP contribution in [0.5, 0.6) is 5.75 Å². The van der Waals surface area contributed by atoms with Gasteiger partial charge in [-0.1, -0.05) is 53.2 Å². The van der Waals surface area contributed by atoms with Crippen molar-refractivity contribution in [2.45, 2.75) is 26.8 Å². The van der Waals surface area contributed by atoms with E-state index in [0.717, 1.165) is 21.2 Å². The van der Waals surface area contributed by atoms with Crippen LogP contribution >= 0.6 is 27.3 Å². The molecule has 2 heterocycles. The third-order valence-electron chi connectivity index (χ3n) is 5.47. The average Bonchev–Trinajstić information content (AvgIpc) is 3.12. The number of esters is 1. The average molecular weight is 551 g/mol. The van der Waals surface area contributed by atoms with Gasteiger partial charge >= 0.3 is 5.97 Å². The summed E-state index contributed by atoms with van der Waals surface area (Å²) >= 11 is 4.77. The molecular weight excluding hydrogens is 528 g/mol. The number of benzene rings is 2. The Kier molecular flexibility index (Phi) is 7.39. The van der Waals surface area contributed by atoms with Crippen LogP contribution in [0.2, 0.25) is 0 Å². The molecule has 0 radical (unpaired) electrons. The number of hydrogen-bond acceptors (Lipinski definition) is 6. The number of aryl methyl sites for hydroxylation is 1. The fourth-order valence-corrected chi connectivity index (χ4v) is 5.41. The monoisotopic (exact) mass is 550 g/mol. The molecule has 8 heteroatoms. The second-order valence-corrected chi connectivity index (χ2v) is 9.76. The molecule has 1 atom stereocenters. The number of fused-ring (bicyclic) bond motifs is 1. The van der Waals surface area contributed by atoms with Gasteiger partial charge < -0.3 is 9.47 Å². The largest absolute Gasteiger partial charge is 0.480 e. The summed E-state index contributed by atoms with van der Waals surface area (Å²) < 4.78 is 13.6. The number of carbonyl (C=O) groups excluding carboxylic acids is 1. The highest BCUT2D eigenvalue weighted by atomic mass is 79.9. The number of thiazole rings is 1. The molecular formula is C27H23BrN2O4S. The van der Waals surface area contributed by atoms with Gasteiger partial charge in [0.15, 0.2) is 4.80 Å². The normalized spacial score (nSPS) is 15.3. The topological polar surface area (TPSA) is 69.9 Å². The molecule has 0 spiro atoms. The van der Waals surface area contributed by atoms with Gasteiger partial charge in [0.05, 0.1) is 32.9 Å². The number of carbonyl (C=O) groups is 1. The molecule has 0 aliphatic carbocycles. The SMILES string of the molecule is C#CCOc1ccc(/C=c2/sc3n(c2=O)[C@H](c2ccc(C)cc2)C(C(=O)OCC)=C(C)N=3)cc1Br. The molecule has 0 fully saturated rings. The van der Waals surface area contributed by atoms with Gasteiger partial charge in [-0.2, -0.15) is 0 Å². The van der Waals surface area contributed by atoms with Crippen molar-refractivity contribution in [3.63, 3.8) is 0 Å². The number of allylic oxidation sites excluding steroid dienone is 1. The van der Waals surface area contributed by atoms with Gasteiger partial charge in [0.25, 0.3) is 5.56 Å². The molecule has 0 bridgehead atoms. The van der Waals surface area contributed by atoms with Crippen molar-refractivity contribution in [3.05, 3.63) is 94.6 Å². The van der Waals surface area contributed by atoms with Crippen molar-refractivity contribution in [1.82, 2.24) is 4.57 Å². The maximum absolute atomic E-state index is 13.6. The molecule has 6 nitrogen and oxygen atoms in total. The van der Waals surface area contributed by atoms with Crippen LogP contribution in [0.4, 0.5) is 0 Å². The summed E-state index contributed by atoms with van der Waals surface area (Å²) in [5, 5.41) is 0. The van der Waals surface area contributed by atoms with E-state index in [9.17, 15) is 9.59 Å². The van der Waals surface area contributed by atoms with Crippen molar-refractivity contribution in [1.29, 1.82) is 0 Å². The van der Waals surface area contributed by atoms with Crippen LogP contribution < -0.4 is 19.6 Å². The standard InChI is InChI=1S/C27H23BrN2O4S/c1-5-13-34-21-12-9-18(14-20(21)28)15-22-25(31)30-24(19-10-7-16(3)8-11-19)23(26(32)33-6-2)17(4)29-27(30)35-22/h1,7-12,14-15,24H,6,13H2,2-4H3/b22-15+/t24-/m1/s1. The van der Waals surface area contributed by atoms with Gasteiger partial charge in [-0.05, 0) is 66.0 Å². The van der Waals surface area contributed by atoms with Gasteiger partial charge in [0.1, 0.15) is 12.4 Å². The van der Waals surface area contributed by atoms with E-state index >= 15 is 0 Å². The van der Waals surface area contributed by atoms with Crippen molar-refractivity contribution in [2.75, 3.05) is 13.2 Å². The summed E-state index contributed by atoms with van der Waals surface area (Å²) in [7, 11) is 0. The zero-order chi connectivity index (χ0) is 25.1. The molecule has 4 rings (SSSR count). The van der Waals surface area contributed by atoms with E-state index in [1.165, 1.54) is 11.3 Å². The Bertz CT molecular complexity index is 1540. The molecule has 0 amide bonds. The van der Waals surface area contributed by atoms with Crippen molar-refractivity contribution in [2.24, 2.45) is 4.99 Å². The molecule has 2 aromatic carbocycles. The molecule has 1 aromatic heterocycles. The molecule has 1 aliphatic heterocycles. The lowest BCUT2D eigenvalue weighted by Crippen LogP contribution is -2.39. The molecule has 3 aromatic rings. The zero-order valence-corrected chi connectivity index (χ0v) is 21.9. The number of hydrogen-bond donors (Lipinski definition) is 0. The molecule has 0 unspecified atom stereocenters. The Hall–Kier alpha value is -3.41. The summed E-state index contributed by atoms with van der Waals surface area (Å²) in [6.45, 7) is 5.92. The summed E-state index contributed by atoms with van der Waals surface area (Å²) in [4.78, 5) is 31.7. The van der Waals surface area contributed by atoms with Gasteiger partial charge in [-0.3, -0.25) is 9.36 Å². The van der Waals surface area contributed by atoms with Gasteiger partial charge in [-0.25, -0.2) is 9.79 Å². The first-order valence-corrected chi connectivity index (χ1v) is 12.6. The highest BCUT2D eigenvalue weighted by molar-refractivity contribution is 9.10. The minimum Gasteiger partial charge on any atom is -0.480 e. The highest BCUT2D eigenvalue weighted by Crippen LogP contribution is 2.31. The first kappa shape index (κ1) is 24.7. The van der Waals surface area contributed by atoms with Crippen molar-refractivity contribution >= 4 is 39.3 Å². The van der Waals surface area contributed by atoms with Crippen LogP contribution in [0.15, 0.2) is 68.0 Å². The van der Waals surface area contributed by atoms with E-state index in [4.69, 9.17) is 15.9 Å². The van der Waals surface area contributed by atoms with Crippen LogP contribution in [0, 0.1) is 19.3 Å². The summed E-state index contributed by atoms with van der Waals surface area (Å²) in [6, 6.07) is 12.7. The summed E-state index contributed by atoms with van der Waals surface area (Å²) in [5.41, 5.74) is 3.39. The van der Waals surface area contributed by atoms with Gasteiger partial charge in [-0.15, -0.1) is 6.42 Å². The quantitative estimate of drug-likeness (QED) is 0.345. The third-order valence-corrected chi connectivity index (χ3v) is 7.08. The first-order chi connectivity index (χ1) is 16.8. The molecule has 0 saturated carbocycles. The minimum absolute atomic E-state index is 0.164. The zero-order valence-electron chi connectivity index (χ0n) is 19.5. The molecule has 0 N–H and O–H groups in total.